The van der Waals surface area contributed by atoms with Crippen molar-refractivity contribution < 1.29 is 5.11 Å². The molecule has 0 aliphatic heterocycles. The van der Waals surface area contributed by atoms with Crippen LogP contribution in [0.4, 0.5) is 0 Å². The van der Waals surface area contributed by atoms with Crippen LogP contribution in [0.25, 0.3) is 11.5 Å². The SMILES string of the molecule is Cc1cc(C)n(-c2c(O)n3nc(Br)nc3[nH]c2=O)n1. The highest BCUT2D eigenvalue weighted by atomic mass is 79.9. The van der Waals surface area contributed by atoms with Gasteiger partial charge in [-0.3, -0.25) is 9.78 Å². The average molecular weight is 325 g/mol. The van der Waals surface area contributed by atoms with Gasteiger partial charge in [0.1, 0.15) is 0 Å². The molecule has 3 aromatic heterocycles. The lowest BCUT2D eigenvalue weighted by molar-refractivity contribution is 0.428. The van der Waals surface area contributed by atoms with Crippen LogP contribution in [-0.2, 0) is 0 Å². The topological polar surface area (TPSA) is 101 Å². The number of rotatable bonds is 1. The lowest BCUT2D eigenvalue weighted by Gasteiger charge is -2.06. The summed E-state index contributed by atoms with van der Waals surface area (Å²) >= 11 is 3.08. The highest BCUT2D eigenvalue weighted by molar-refractivity contribution is 9.10. The minimum Gasteiger partial charge on any atom is -0.491 e. The summed E-state index contributed by atoms with van der Waals surface area (Å²) in [5, 5.41) is 18.3. The fourth-order valence-electron chi connectivity index (χ4n) is 1.92. The van der Waals surface area contributed by atoms with Crippen LogP contribution >= 0.6 is 15.9 Å². The summed E-state index contributed by atoms with van der Waals surface area (Å²) in [4.78, 5) is 18.5. The van der Waals surface area contributed by atoms with E-state index in [1.165, 1.54) is 4.68 Å². The minimum atomic E-state index is -0.490. The lowest BCUT2D eigenvalue weighted by Crippen LogP contribution is -2.19. The Balaban J connectivity index is 2.41. The smallest absolute Gasteiger partial charge is 0.282 e. The predicted octanol–water partition coefficient (Wildman–Crippen LogP) is 0.688. The quantitative estimate of drug-likeness (QED) is 0.685. The lowest BCUT2D eigenvalue weighted by atomic mass is 10.4. The van der Waals surface area contributed by atoms with Crippen molar-refractivity contribution in [3.05, 3.63) is 32.5 Å². The number of nitrogens with one attached hydrogen (secondary N) is 1. The molecule has 98 valence electrons. The molecule has 0 aliphatic carbocycles. The Morgan fingerprint density at radius 2 is 2.11 bits per heavy atom. The van der Waals surface area contributed by atoms with Crippen molar-refractivity contribution in [3.63, 3.8) is 0 Å². The predicted molar refractivity (Wildman–Crippen MR) is 69.6 cm³/mol. The number of aromatic hydroxyl groups is 1. The van der Waals surface area contributed by atoms with Crippen LogP contribution in [-0.4, -0.2) is 34.5 Å². The molecule has 0 radical (unpaired) electrons. The molecule has 19 heavy (non-hydrogen) atoms. The standard InChI is InChI=1S/C10H9BrN6O2/c1-4-3-5(2)16(14-4)6-7(18)12-10-13-9(11)15-17(10)8(6)19/h3,19H,1-2H3,(H,12,13,15,18). The van der Waals surface area contributed by atoms with E-state index in [0.717, 1.165) is 15.9 Å². The zero-order chi connectivity index (χ0) is 13.7. The second kappa shape index (κ2) is 3.92. The van der Waals surface area contributed by atoms with E-state index in [0.29, 0.717) is 0 Å². The largest absolute Gasteiger partial charge is 0.491 e. The molecule has 3 aromatic rings. The van der Waals surface area contributed by atoms with E-state index in [4.69, 9.17) is 0 Å². The molecule has 0 fully saturated rings. The number of aromatic nitrogens is 6. The summed E-state index contributed by atoms with van der Waals surface area (Å²) in [5.74, 6) is -0.164. The van der Waals surface area contributed by atoms with E-state index in [9.17, 15) is 9.90 Å². The van der Waals surface area contributed by atoms with Gasteiger partial charge < -0.3 is 5.11 Å². The van der Waals surface area contributed by atoms with Crippen LogP contribution in [0.15, 0.2) is 15.6 Å². The monoisotopic (exact) mass is 324 g/mol. The van der Waals surface area contributed by atoms with Crippen molar-refractivity contribution in [3.8, 4) is 11.6 Å². The summed E-state index contributed by atoms with van der Waals surface area (Å²) in [6.45, 7) is 3.60. The van der Waals surface area contributed by atoms with Gasteiger partial charge in [0.25, 0.3) is 5.56 Å². The molecule has 0 bridgehead atoms. The van der Waals surface area contributed by atoms with E-state index in [1.54, 1.807) is 19.9 Å². The van der Waals surface area contributed by atoms with Crippen LogP contribution in [0, 0.1) is 13.8 Å². The third-order valence-electron chi connectivity index (χ3n) is 2.66. The molecular formula is C10H9BrN6O2. The summed E-state index contributed by atoms with van der Waals surface area (Å²) in [6.07, 6.45) is 0. The van der Waals surface area contributed by atoms with Crippen molar-refractivity contribution in [2.45, 2.75) is 13.8 Å². The first-order valence-electron chi connectivity index (χ1n) is 5.38. The number of aromatic amines is 1. The van der Waals surface area contributed by atoms with E-state index in [-0.39, 0.29) is 22.1 Å². The van der Waals surface area contributed by atoms with E-state index in [2.05, 4.69) is 36.1 Å². The fraction of sp³-hybridized carbons (Fsp3) is 0.200. The van der Waals surface area contributed by atoms with Gasteiger partial charge in [0.15, 0.2) is 5.69 Å². The summed E-state index contributed by atoms with van der Waals surface area (Å²) in [6, 6.07) is 1.81. The Kier molecular flexibility index (Phi) is 2.45. The molecule has 2 N–H and O–H groups in total. The maximum Gasteiger partial charge on any atom is 0.282 e. The Morgan fingerprint density at radius 1 is 1.37 bits per heavy atom. The van der Waals surface area contributed by atoms with Crippen molar-refractivity contribution in [2.75, 3.05) is 0 Å². The molecule has 8 nitrogen and oxygen atoms in total. The molecule has 0 saturated heterocycles. The maximum absolute atomic E-state index is 12.1. The van der Waals surface area contributed by atoms with Gasteiger partial charge >= 0.3 is 0 Å². The first-order chi connectivity index (χ1) is 8.97. The number of fused-ring (bicyclic) bond motifs is 1. The van der Waals surface area contributed by atoms with Gasteiger partial charge in [-0.25, -0.2) is 4.68 Å². The van der Waals surface area contributed by atoms with Crippen LogP contribution in [0.2, 0.25) is 0 Å². The molecule has 9 heteroatoms. The van der Waals surface area contributed by atoms with Gasteiger partial charge in [-0.15, -0.1) is 5.10 Å². The number of hydrogen-bond donors (Lipinski definition) is 2. The Bertz CT molecular complexity index is 846. The van der Waals surface area contributed by atoms with Crippen LogP contribution in [0.5, 0.6) is 5.88 Å². The van der Waals surface area contributed by atoms with Crippen molar-refractivity contribution >= 4 is 21.7 Å². The average Bonchev–Trinajstić information content (AvgIpc) is 2.82. The highest BCUT2D eigenvalue weighted by Crippen LogP contribution is 2.19. The number of halogens is 1. The van der Waals surface area contributed by atoms with Crippen molar-refractivity contribution in [2.24, 2.45) is 0 Å². The van der Waals surface area contributed by atoms with Gasteiger partial charge in [0, 0.05) is 5.69 Å². The Hall–Kier alpha value is -2.16. The van der Waals surface area contributed by atoms with Gasteiger partial charge in [-0.2, -0.15) is 14.6 Å². The second-order valence-corrected chi connectivity index (χ2v) is 4.79. The van der Waals surface area contributed by atoms with E-state index in [1.807, 2.05) is 0 Å². The molecule has 0 aliphatic rings. The van der Waals surface area contributed by atoms with Crippen LogP contribution in [0.3, 0.4) is 0 Å². The third-order valence-corrected chi connectivity index (χ3v) is 2.99. The number of aryl methyl sites for hydroxylation is 2. The first kappa shape index (κ1) is 11.9. The fourth-order valence-corrected chi connectivity index (χ4v) is 2.25. The zero-order valence-corrected chi connectivity index (χ0v) is 11.6. The maximum atomic E-state index is 12.1. The molecular weight excluding hydrogens is 316 g/mol. The summed E-state index contributed by atoms with van der Waals surface area (Å²) < 4.78 is 2.78. The zero-order valence-electron chi connectivity index (χ0n) is 10.0. The van der Waals surface area contributed by atoms with Gasteiger partial charge in [-0.1, -0.05) is 0 Å². The van der Waals surface area contributed by atoms with Crippen LogP contribution in [0.1, 0.15) is 11.4 Å². The summed E-state index contributed by atoms with van der Waals surface area (Å²) in [7, 11) is 0. The molecule has 0 amide bonds. The second-order valence-electron chi connectivity index (χ2n) is 4.08. The first-order valence-corrected chi connectivity index (χ1v) is 6.18. The van der Waals surface area contributed by atoms with Crippen molar-refractivity contribution in [1.82, 2.24) is 29.4 Å². The van der Waals surface area contributed by atoms with Gasteiger partial charge in [-0.05, 0) is 35.8 Å². The minimum absolute atomic E-state index is 0.00972. The number of nitrogens with zero attached hydrogens (tertiary/aromatic N) is 5. The molecule has 0 aromatic carbocycles. The van der Waals surface area contributed by atoms with E-state index < -0.39 is 5.56 Å². The Labute approximate surface area is 114 Å². The van der Waals surface area contributed by atoms with Gasteiger partial charge in [0.2, 0.25) is 16.4 Å². The number of H-pyrrole nitrogens is 1. The van der Waals surface area contributed by atoms with E-state index >= 15 is 0 Å². The van der Waals surface area contributed by atoms with Crippen molar-refractivity contribution in [1.29, 1.82) is 0 Å². The number of hydrogen-bond acceptors (Lipinski definition) is 5. The normalized spacial score (nSPS) is 11.3. The van der Waals surface area contributed by atoms with Crippen LogP contribution < -0.4 is 5.56 Å². The Morgan fingerprint density at radius 3 is 2.74 bits per heavy atom. The summed E-state index contributed by atoms with van der Waals surface area (Å²) in [5.41, 5.74) is 1.000. The molecule has 3 rings (SSSR count). The highest BCUT2D eigenvalue weighted by Gasteiger charge is 2.18. The van der Waals surface area contributed by atoms with Gasteiger partial charge in [0.05, 0.1) is 5.69 Å². The molecule has 0 atom stereocenters. The molecule has 0 spiro atoms. The third kappa shape index (κ3) is 1.73. The molecule has 0 unspecified atom stereocenters. The molecule has 3 heterocycles. The molecule has 0 saturated carbocycles.